The summed E-state index contributed by atoms with van der Waals surface area (Å²) in [5.74, 6) is 0.872. The summed E-state index contributed by atoms with van der Waals surface area (Å²) in [4.78, 5) is 5.45. The number of ether oxygens (including phenoxy) is 1. The number of aromatic nitrogens is 1. The number of fused-ring (bicyclic) bond motifs is 1. The van der Waals surface area contributed by atoms with E-state index in [1.807, 2.05) is 26.4 Å². The van der Waals surface area contributed by atoms with Crippen molar-refractivity contribution in [2.45, 2.75) is 13.0 Å². The van der Waals surface area contributed by atoms with E-state index in [4.69, 9.17) is 10.5 Å². The van der Waals surface area contributed by atoms with Crippen molar-refractivity contribution in [1.82, 2.24) is 9.88 Å². The molecule has 0 fully saturated rings. The molecule has 0 bridgehead atoms. The van der Waals surface area contributed by atoms with Crippen LogP contribution in [0.1, 0.15) is 17.2 Å². The highest BCUT2D eigenvalue weighted by atomic mass is 16.5. The molecule has 3 N–H and O–H groups in total. The number of hydrogen-bond donors (Lipinski definition) is 2. The molecule has 4 nitrogen and oxygen atoms in total. The van der Waals surface area contributed by atoms with E-state index in [-0.39, 0.29) is 6.04 Å². The lowest BCUT2D eigenvalue weighted by Crippen LogP contribution is -2.27. The van der Waals surface area contributed by atoms with Crippen molar-refractivity contribution in [3.63, 3.8) is 0 Å². The zero-order valence-corrected chi connectivity index (χ0v) is 11.4. The van der Waals surface area contributed by atoms with Crippen molar-refractivity contribution >= 4 is 10.9 Å². The molecule has 1 aromatic heterocycles. The van der Waals surface area contributed by atoms with Crippen LogP contribution in [-0.2, 0) is 0 Å². The van der Waals surface area contributed by atoms with Crippen molar-refractivity contribution in [2.75, 3.05) is 27.7 Å². The summed E-state index contributed by atoms with van der Waals surface area (Å²) in [7, 11) is 5.79. The number of rotatable bonds is 4. The van der Waals surface area contributed by atoms with E-state index in [0.29, 0.717) is 6.54 Å². The molecule has 2 rings (SSSR count). The van der Waals surface area contributed by atoms with Gasteiger partial charge in [-0.25, -0.2) is 0 Å². The number of nitrogens with two attached hydrogens (primary N) is 1. The molecule has 2 aromatic rings. The largest absolute Gasteiger partial charge is 0.495 e. The maximum Gasteiger partial charge on any atom is 0.142 e. The molecule has 0 aliphatic rings. The van der Waals surface area contributed by atoms with Gasteiger partial charge in [0, 0.05) is 24.2 Å². The van der Waals surface area contributed by atoms with Crippen LogP contribution in [0.5, 0.6) is 5.75 Å². The molecule has 0 spiro atoms. The Kier molecular flexibility index (Phi) is 3.59. The third-order valence-electron chi connectivity index (χ3n) is 3.46. The molecule has 98 valence electrons. The standard InChI is InChI=1S/C14H21N3O/c1-9-5-6-12(18-4)14-13(9)10(8-16-14)11(7-15)17(2)3/h5-6,8,11,16H,7,15H2,1-4H3. The quantitative estimate of drug-likeness (QED) is 0.869. The van der Waals surface area contributed by atoms with Crippen LogP contribution in [0.4, 0.5) is 0 Å². The lowest BCUT2D eigenvalue weighted by Gasteiger charge is -2.22. The second-order valence-corrected chi connectivity index (χ2v) is 4.79. The molecule has 0 aliphatic heterocycles. The Balaban J connectivity index is 2.66. The maximum absolute atomic E-state index is 5.89. The van der Waals surface area contributed by atoms with Gasteiger partial charge in [0.15, 0.2) is 0 Å². The fourth-order valence-electron chi connectivity index (χ4n) is 2.47. The van der Waals surface area contributed by atoms with Crippen LogP contribution in [0.15, 0.2) is 18.3 Å². The first-order valence-corrected chi connectivity index (χ1v) is 6.11. The summed E-state index contributed by atoms with van der Waals surface area (Å²) in [6.45, 7) is 2.71. The van der Waals surface area contributed by atoms with Crippen LogP contribution < -0.4 is 10.5 Å². The minimum atomic E-state index is 0.213. The van der Waals surface area contributed by atoms with Gasteiger partial charge in [-0.2, -0.15) is 0 Å². The molecule has 1 heterocycles. The number of hydrogen-bond acceptors (Lipinski definition) is 3. The predicted octanol–water partition coefficient (Wildman–Crippen LogP) is 2.05. The van der Waals surface area contributed by atoms with Crippen LogP contribution in [0.2, 0.25) is 0 Å². The van der Waals surface area contributed by atoms with E-state index in [9.17, 15) is 0 Å². The minimum Gasteiger partial charge on any atom is -0.495 e. The van der Waals surface area contributed by atoms with Crippen LogP contribution in [0.3, 0.4) is 0 Å². The molecule has 1 unspecified atom stereocenters. The zero-order valence-electron chi connectivity index (χ0n) is 11.4. The highest BCUT2D eigenvalue weighted by Gasteiger charge is 2.19. The second-order valence-electron chi connectivity index (χ2n) is 4.79. The second kappa shape index (κ2) is 5.00. The molecule has 0 radical (unpaired) electrons. The molecule has 1 aromatic carbocycles. The number of methoxy groups -OCH3 is 1. The van der Waals surface area contributed by atoms with E-state index in [1.54, 1.807) is 7.11 Å². The third kappa shape index (κ3) is 1.98. The lowest BCUT2D eigenvalue weighted by molar-refractivity contribution is 0.307. The normalized spacial score (nSPS) is 13.2. The van der Waals surface area contributed by atoms with Crippen molar-refractivity contribution in [3.05, 3.63) is 29.5 Å². The molecule has 18 heavy (non-hydrogen) atoms. The van der Waals surface area contributed by atoms with Crippen molar-refractivity contribution < 1.29 is 4.74 Å². The first-order chi connectivity index (χ1) is 8.60. The van der Waals surface area contributed by atoms with Gasteiger partial charge in [-0.1, -0.05) is 6.07 Å². The maximum atomic E-state index is 5.89. The molecule has 1 atom stereocenters. The highest BCUT2D eigenvalue weighted by Crippen LogP contribution is 2.34. The number of benzene rings is 1. The third-order valence-corrected chi connectivity index (χ3v) is 3.46. The van der Waals surface area contributed by atoms with E-state index in [1.165, 1.54) is 16.5 Å². The highest BCUT2D eigenvalue weighted by molar-refractivity contribution is 5.91. The summed E-state index contributed by atoms with van der Waals surface area (Å²) in [5, 5.41) is 1.22. The number of H-pyrrole nitrogens is 1. The first-order valence-electron chi connectivity index (χ1n) is 6.11. The monoisotopic (exact) mass is 247 g/mol. The Bertz CT molecular complexity index is 545. The van der Waals surface area contributed by atoms with E-state index >= 15 is 0 Å². The van der Waals surface area contributed by atoms with Gasteiger partial charge in [-0.05, 0) is 38.2 Å². The van der Waals surface area contributed by atoms with Crippen molar-refractivity contribution in [2.24, 2.45) is 5.73 Å². The summed E-state index contributed by atoms with van der Waals surface area (Å²) in [6.07, 6.45) is 2.04. The van der Waals surface area contributed by atoms with Crippen molar-refractivity contribution in [1.29, 1.82) is 0 Å². The zero-order chi connectivity index (χ0) is 13.3. The van der Waals surface area contributed by atoms with Gasteiger partial charge in [-0.15, -0.1) is 0 Å². The van der Waals surface area contributed by atoms with Gasteiger partial charge in [-0.3, -0.25) is 0 Å². The molecule has 0 amide bonds. The summed E-state index contributed by atoms with van der Waals surface area (Å²) in [5.41, 5.74) is 9.41. The van der Waals surface area contributed by atoms with Crippen LogP contribution in [-0.4, -0.2) is 37.6 Å². The summed E-state index contributed by atoms with van der Waals surface area (Å²) < 4.78 is 5.39. The number of aromatic amines is 1. The fourth-order valence-corrected chi connectivity index (χ4v) is 2.47. The first kappa shape index (κ1) is 12.9. The predicted molar refractivity (Wildman–Crippen MR) is 75.1 cm³/mol. The van der Waals surface area contributed by atoms with Gasteiger partial charge >= 0.3 is 0 Å². The van der Waals surface area contributed by atoms with Crippen molar-refractivity contribution in [3.8, 4) is 5.75 Å². The van der Waals surface area contributed by atoms with Gasteiger partial charge in [0.05, 0.1) is 12.6 Å². The molecule has 4 heteroatoms. The number of aryl methyl sites for hydroxylation is 1. The Morgan fingerprint density at radius 1 is 1.39 bits per heavy atom. The van der Waals surface area contributed by atoms with Gasteiger partial charge < -0.3 is 20.4 Å². The Morgan fingerprint density at radius 3 is 2.67 bits per heavy atom. The Hall–Kier alpha value is -1.52. The van der Waals surface area contributed by atoms with E-state index in [0.717, 1.165) is 11.3 Å². The average Bonchev–Trinajstić information content (AvgIpc) is 2.76. The number of nitrogens with zero attached hydrogens (tertiary/aromatic N) is 1. The smallest absolute Gasteiger partial charge is 0.142 e. The van der Waals surface area contributed by atoms with Crippen LogP contribution >= 0.6 is 0 Å². The van der Waals surface area contributed by atoms with Crippen LogP contribution in [0.25, 0.3) is 10.9 Å². The molecular formula is C14H21N3O. The SMILES string of the molecule is COc1ccc(C)c2c(C(CN)N(C)C)c[nH]c12. The number of likely N-dealkylation sites (N-methyl/N-ethyl adjacent to an activating group) is 1. The van der Waals surface area contributed by atoms with E-state index < -0.39 is 0 Å². The Labute approximate surface area is 108 Å². The summed E-state index contributed by atoms with van der Waals surface area (Å²) in [6, 6.07) is 4.29. The Morgan fingerprint density at radius 2 is 2.11 bits per heavy atom. The average molecular weight is 247 g/mol. The molecule has 0 saturated carbocycles. The molecule has 0 saturated heterocycles. The molecule has 0 aliphatic carbocycles. The molecular weight excluding hydrogens is 226 g/mol. The van der Waals surface area contributed by atoms with E-state index in [2.05, 4.69) is 22.9 Å². The summed E-state index contributed by atoms with van der Waals surface area (Å²) >= 11 is 0. The van der Waals surface area contributed by atoms with Gasteiger partial charge in [0.25, 0.3) is 0 Å². The van der Waals surface area contributed by atoms with Gasteiger partial charge in [0.2, 0.25) is 0 Å². The minimum absolute atomic E-state index is 0.213. The van der Waals surface area contributed by atoms with Crippen LogP contribution in [0, 0.1) is 6.92 Å². The van der Waals surface area contributed by atoms with Gasteiger partial charge in [0.1, 0.15) is 5.75 Å². The topological polar surface area (TPSA) is 54.3 Å². The lowest BCUT2D eigenvalue weighted by atomic mass is 10.0. The number of nitrogens with one attached hydrogen (secondary N) is 1. The fraction of sp³-hybridized carbons (Fsp3) is 0.429.